The van der Waals surface area contributed by atoms with Crippen molar-refractivity contribution in [3.8, 4) is 0 Å². The number of amides is 1. The first kappa shape index (κ1) is 12.8. The van der Waals surface area contributed by atoms with E-state index in [1.807, 2.05) is 24.3 Å². The molecule has 0 fully saturated rings. The molecule has 0 radical (unpaired) electrons. The van der Waals surface area contributed by atoms with Crippen molar-refractivity contribution in [2.45, 2.75) is 18.4 Å². The third kappa shape index (κ3) is 4.51. The molecule has 1 aromatic carbocycles. The summed E-state index contributed by atoms with van der Waals surface area (Å²) in [5.74, 6) is 0.799. The van der Waals surface area contributed by atoms with Gasteiger partial charge in [0, 0.05) is 24.1 Å². The summed E-state index contributed by atoms with van der Waals surface area (Å²) < 4.78 is 0. The minimum Gasteiger partial charge on any atom is -0.292 e. The van der Waals surface area contributed by atoms with Crippen LogP contribution in [0, 0.1) is 0 Å². The monoisotopic (exact) mass is 236 g/mol. The van der Waals surface area contributed by atoms with Gasteiger partial charge in [0.2, 0.25) is 5.91 Å². The maximum absolute atomic E-state index is 10.7. The number of thioether (sulfide) groups is 1. The molecule has 0 aliphatic heterocycles. The van der Waals surface area contributed by atoms with Crippen molar-refractivity contribution in [2.75, 3.05) is 5.75 Å². The topological polar surface area (TPSA) is 41.1 Å². The van der Waals surface area contributed by atoms with Crippen LogP contribution in [0.1, 0.15) is 12.5 Å². The number of benzene rings is 1. The zero-order valence-electron chi connectivity index (χ0n) is 9.32. The van der Waals surface area contributed by atoms with Crippen LogP contribution >= 0.6 is 11.8 Å². The van der Waals surface area contributed by atoms with Gasteiger partial charge >= 0.3 is 0 Å². The highest BCUT2D eigenvalue weighted by atomic mass is 32.2. The van der Waals surface area contributed by atoms with Crippen molar-refractivity contribution in [3.63, 3.8) is 0 Å². The molecule has 1 rings (SSSR count). The van der Waals surface area contributed by atoms with Crippen molar-refractivity contribution in [1.82, 2.24) is 10.9 Å². The van der Waals surface area contributed by atoms with Gasteiger partial charge in [0.25, 0.3) is 0 Å². The van der Waals surface area contributed by atoms with Crippen LogP contribution in [0.25, 0.3) is 0 Å². The fourth-order valence-electron chi connectivity index (χ4n) is 1.20. The fraction of sp³-hybridized carbons (Fsp3) is 0.250. The molecule has 0 aliphatic carbocycles. The molecule has 0 heterocycles. The maximum atomic E-state index is 10.7. The molecule has 0 unspecified atom stereocenters. The third-order valence-electron chi connectivity index (χ3n) is 1.87. The van der Waals surface area contributed by atoms with Gasteiger partial charge in [-0.15, -0.1) is 18.3 Å². The minimum absolute atomic E-state index is 0.0868. The van der Waals surface area contributed by atoms with Crippen molar-refractivity contribution in [1.29, 1.82) is 0 Å². The quantitative estimate of drug-likeness (QED) is 0.451. The predicted octanol–water partition coefficient (Wildman–Crippen LogP) is 2.11. The van der Waals surface area contributed by atoms with Gasteiger partial charge in [-0.25, -0.2) is 5.43 Å². The number of hydrazine groups is 1. The second-order valence-corrected chi connectivity index (χ2v) is 4.30. The van der Waals surface area contributed by atoms with E-state index >= 15 is 0 Å². The standard InChI is InChI=1S/C12H16N2OS/c1-3-8-16-12-7-5-4-6-11(12)9-13-14-10(2)15/h3-7,13H,1,8-9H2,2H3,(H,14,15). The van der Waals surface area contributed by atoms with E-state index in [0.29, 0.717) is 6.54 Å². The zero-order valence-corrected chi connectivity index (χ0v) is 10.1. The van der Waals surface area contributed by atoms with Gasteiger partial charge in [0.15, 0.2) is 0 Å². The Balaban J connectivity index is 2.56. The highest BCUT2D eigenvalue weighted by molar-refractivity contribution is 7.99. The lowest BCUT2D eigenvalue weighted by molar-refractivity contribution is -0.119. The summed E-state index contributed by atoms with van der Waals surface area (Å²) in [7, 11) is 0. The van der Waals surface area contributed by atoms with Crippen LogP contribution < -0.4 is 10.9 Å². The van der Waals surface area contributed by atoms with Crippen molar-refractivity contribution < 1.29 is 4.79 Å². The molecule has 1 amide bonds. The number of carbonyl (C=O) groups is 1. The molecule has 0 bridgehead atoms. The summed E-state index contributed by atoms with van der Waals surface area (Å²) >= 11 is 1.74. The Kier molecular flexibility index (Phi) is 5.67. The lowest BCUT2D eigenvalue weighted by Crippen LogP contribution is -2.35. The second kappa shape index (κ2) is 7.09. The molecule has 86 valence electrons. The number of rotatable bonds is 6. The number of carbonyl (C=O) groups excluding carboxylic acids is 1. The molecule has 0 saturated carbocycles. The van der Waals surface area contributed by atoms with Gasteiger partial charge in [-0.2, -0.15) is 0 Å². The van der Waals surface area contributed by atoms with Gasteiger partial charge in [-0.1, -0.05) is 24.3 Å². The van der Waals surface area contributed by atoms with Crippen LogP contribution in [0.5, 0.6) is 0 Å². The molecule has 3 nitrogen and oxygen atoms in total. The average Bonchev–Trinajstić information content (AvgIpc) is 2.27. The maximum Gasteiger partial charge on any atom is 0.230 e. The molecule has 0 spiro atoms. The molecule has 1 aromatic rings. The molecule has 4 heteroatoms. The first-order valence-corrected chi connectivity index (χ1v) is 6.03. The smallest absolute Gasteiger partial charge is 0.230 e. The van der Waals surface area contributed by atoms with E-state index < -0.39 is 0 Å². The van der Waals surface area contributed by atoms with E-state index in [1.54, 1.807) is 11.8 Å². The molecule has 0 aromatic heterocycles. The molecule has 0 atom stereocenters. The Morgan fingerprint density at radius 3 is 2.94 bits per heavy atom. The van der Waals surface area contributed by atoms with Crippen molar-refractivity contribution in [3.05, 3.63) is 42.5 Å². The Morgan fingerprint density at radius 1 is 1.50 bits per heavy atom. The normalized spacial score (nSPS) is 9.81. The third-order valence-corrected chi connectivity index (χ3v) is 2.98. The summed E-state index contributed by atoms with van der Waals surface area (Å²) in [4.78, 5) is 11.9. The van der Waals surface area contributed by atoms with Crippen molar-refractivity contribution in [2.24, 2.45) is 0 Å². The van der Waals surface area contributed by atoms with Gasteiger partial charge in [-0.05, 0) is 11.6 Å². The van der Waals surface area contributed by atoms with Crippen LogP contribution in [0.3, 0.4) is 0 Å². The van der Waals surface area contributed by atoms with E-state index in [2.05, 4.69) is 23.5 Å². The molecule has 16 heavy (non-hydrogen) atoms. The van der Waals surface area contributed by atoms with Gasteiger partial charge in [0.05, 0.1) is 0 Å². The first-order valence-electron chi connectivity index (χ1n) is 5.05. The summed E-state index contributed by atoms with van der Waals surface area (Å²) in [6, 6.07) is 8.11. The van der Waals surface area contributed by atoms with Crippen LogP contribution in [-0.4, -0.2) is 11.7 Å². The zero-order chi connectivity index (χ0) is 11.8. The van der Waals surface area contributed by atoms with E-state index in [-0.39, 0.29) is 5.91 Å². The summed E-state index contributed by atoms with van der Waals surface area (Å²) in [5.41, 5.74) is 6.61. The molecular weight excluding hydrogens is 220 g/mol. The van der Waals surface area contributed by atoms with Gasteiger partial charge in [-0.3, -0.25) is 10.2 Å². The van der Waals surface area contributed by atoms with E-state index in [9.17, 15) is 4.79 Å². The highest BCUT2D eigenvalue weighted by Crippen LogP contribution is 2.22. The van der Waals surface area contributed by atoms with E-state index in [0.717, 1.165) is 5.75 Å². The largest absolute Gasteiger partial charge is 0.292 e. The molecule has 2 N–H and O–H groups in total. The Labute approximate surface area is 100 Å². The molecule has 0 saturated heterocycles. The number of nitrogens with one attached hydrogen (secondary N) is 2. The minimum atomic E-state index is -0.0868. The second-order valence-electron chi connectivity index (χ2n) is 3.24. The summed E-state index contributed by atoms with van der Waals surface area (Å²) in [6.07, 6.45) is 1.88. The summed E-state index contributed by atoms with van der Waals surface area (Å²) in [5, 5.41) is 0. The average molecular weight is 236 g/mol. The van der Waals surface area contributed by atoms with Crippen LogP contribution in [-0.2, 0) is 11.3 Å². The highest BCUT2D eigenvalue weighted by Gasteiger charge is 2.01. The lowest BCUT2D eigenvalue weighted by atomic mass is 10.2. The van der Waals surface area contributed by atoms with Gasteiger partial charge < -0.3 is 0 Å². The van der Waals surface area contributed by atoms with Crippen molar-refractivity contribution >= 4 is 17.7 Å². The van der Waals surface area contributed by atoms with Crippen LogP contribution in [0.2, 0.25) is 0 Å². The molecular formula is C12H16N2OS. The van der Waals surface area contributed by atoms with Crippen LogP contribution in [0.15, 0.2) is 41.8 Å². The Bertz CT molecular complexity index is 366. The predicted molar refractivity (Wildman–Crippen MR) is 68.0 cm³/mol. The lowest BCUT2D eigenvalue weighted by Gasteiger charge is -2.09. The van der Waals surface area contributed by atoms with E-state index in [4.69, 9.17) is 0 Å². The SMILES string of the molecule is C=CCSc1ccccc1CNNC(C)=O. The molecule has 0 aliphatic rings. The Morgan fingerprint density at radius 2 is 2.25 bits per heavy atom. The first-order chi connectivity index (χ1) is 7.74. The van der Waals surface area contributed by atoms with E-state index in [1.165, 1.54) is 17.4 Å². The van der Waals surface area contributed by atoms with Gasteiger partial charge in [0.1, 0.15) is 0 Å². The fourth-order valence-corrected chi connectivity index (χ4v) is 2.00. The number of hydrogen-bond acceptors (Lipinski definition) is 3. The Hall–Kier alpha value is -1.26. The van der Waals surface area contributed by atoms with Crippen LogP contribution in [0.4, 0.5) is 0 Å². The number of hydrogen-bond donors (Lipinski definition) is 2. The summed E-state index contributed by atoms with van der Waals surface area (Å²) in [6.45, 7) is 5.80.